The lowest BCUT2D eigenvalue weighted by molar-refractivity contribution is 0.404. The minimum atomic E-state index is 0.446. The van der Waals surface area contributed by atoms with Crippen molar-refractivity contribution in [3.8, 4) is 5.75 Å². The number of thiophene rings is 1. The fourth-order valence-corrected chi connectivity index (χ4v) is 3.76. The van der Waals surface area contributed by atoms with Gasteiger partial charge in [0.05, 0.1) is 10.9 Å². The quantitative estimate of drug-likeness (QED) is 0.866. The molecule has 0 bridgehead atoms. The van der Waals surface area contributed by atoms with Gasteiger partial charge in [-0.15, -0.1) is 11.3 Å². The Kier molecular flexibility index (Phi) is 5.43. The third kappa shape index (κ3) is 4.06. The van der Waals surface area contributed by atoms with Crippen LogP contribution in [0.25, 0.3) is 0 Å². The van der Waals surface area contributed by atoms with Crippen LogP contribution in [0.4, 0.5) is 0 Å². The van der Waals surface area contributed by atoms with Crippen LogP contribution < -0.4 is 10.5 Å². The molecule has 0 amide bonds. The van der Waals surface area contributed by atoms with Gasteiger partial charge < -0.3 is 10.5 Å². The zero-order chi connectivity index (χ0) is 13.7. The van der Waals surface area contributed by atoms with Crippen molar-refractivity contribution in [3.63, 3.8) is 0 Å². The number of rotatable bonds is 6. The molecular formula is C15H18BrNOS. The van der Waals surface area contributed by atoms with Crippen LogP contribution in [0.1, 0.15) is 10.4 Å². The van der Waals surface area contributed by atoms with Gasteiger partial charge in [-0.25, -0.2) is 0 Å². The van der Waals surface area contributed by atoms with Crippen molar-refractivity contribution in [1.29, 1.82) is 0 Å². The van der Waals surface area contributed by atoms with Gasteiger partial charge in [-0.2, -0.15) is 0 Å². The monoisotopic (exact) mass is 339 g/mol. The van der Waals surface area contributed by atoms with Crippen molar-refractivity contribution in [2.75, 3.05) is 13.7 Å². The van der Waals surface area contributed by atoms with E-state index in [-0.39, 0.29) is 0 Å². The van der Waals surface area contributed by atoms with Gasteiger partial charge in [0, 0.05) is 4.88 Å². The van der Waals surface area contributed by atoms with Gasteiger partial charge in [0.15, 0.2) is 0 Å². The van der Waals surface area contributed by atoms with Crippen LogP contribution in [0.5, 0.6) is 5.75 Å². The fourth-order valence-electron chi connectivity index (χ4n) is 2.17. The van der Waals surface area contributed by atoms with Gasteiger partial charge in [0.2, 0.25) is 0 Å². The van der Waals surface area contributed by atoms with Crippen molar-refractivity contribution in [2.45, 2.75) is 12.8 Å². The summed E-state index contributed by atoms with van der Waals surface area (Å²) in [6, 6.07) is 12.4. The lowest BCUT2D eigenvalue weighted by atomic mass is 9.95. The Hall–Kier alpha value is -0.840. The van der Waals surface area contributed by atoms with E-state index in [1.54, 1.807) is 18.4 Å². The van der Waals surface area contributed by atoms with Crippen LogP contribution in [-0.2, 0) is 12.8 Å². The lowest BCUT2D eigenvalue weighted by Gasteiger charge is -2.16. The second kappa shape index (κ2) is 7.08. The number of methoxy groups -OCH3 is 1. The summed E-state index contributed by atoms with van der Waals surface area (Å²) in [6.07, 6.45) is 1.97. The van der Waals surface area contributed by atoms with E-state index in [1.165, 1.54) is 14.2 Å². The van der Waals surface area contributed by atoms with Crippen molar-refractivity contribution < 1.29 is 4.74 Å². The smallest absolute Gasteiger partial charge is 0.122 e. The molecule has 2 aromatic rings. The maximum Gasteiger partial charge on any atom is 0.122 e. The lowest BCUT2D eigenvalue weighted by Crippen LogP contribution is -2.19. The van der Waals surface area contributed by atoms with E-state index in [0.717, 1.165) is 18.6 Å². The topological polar surface area (TPSA) is 35.2 Å². The Morgan fingerprint density at radius 1 is 1.21 bits per heavy atom. The van der Waals surface area contributed by atoms with Gasteiger partial charge in [-0.1, -0.05) is 18.2 Å². The molecule has 102 valence electrons. The summed E-state index contributed by atoms with van der Waals surface area (Å²) in [4.78, 5) is 1.37. The zero-order valence-electron chi connectivity index (χ0n) is 10.9. The molecule has 19 heavy (non-hydrogen) atoms. The number of para-hydroxylation sites is 1. The molecule has 0 spiro atoms. The van der Waals surface area contributed by atoms with Crippen LogP contribution in [0.2, 0.25) is 0 Å². The van der Waals surface area contributed by atoms with E-state index in [2.05, 4.69) is 34.1 Å². The minimum Gasteiger partial charge on any atom is -0.496 e. The predicted octanol–water partition coefficient (Wildman–Crippen LogP) is 3.88. The molecule has 0 saturated carbocycles. The van der Waals surface area contributed by atoms with E-state index in [4.69, 9.17) is 10.5 Å². The third-order valence-electron chi connectivity index (χ3n) is 3.15. The van der Waals surface area contributed by atoms with Gasteiger partial charge >= 0.3 is 0 Å². The molecule has 1 aromatic heterocycles. The second-order valence-electron chi connectivity index (χ2n) is 4.53. The van der Waals surface area contributed by atoms with Crippen molar-refractivity contribution in [2.24, 2.45) is 11.7 Å². The third-order valence-corrected chi connectivity index (χ3v) is 4.80. The Balaban J connectivity index is 2.06. The van der Waals surface area contributed by atoms with Crippen LogP contribution in [0.15, 0.2) is 40.2 Å². The highest BCUT2D eigenvalue weighted by Crippen LogP contribution is 2.27. The first-order valence-corrected chi connectivity index (χ1v) is 7.90. The highest BCUT2D eigenvalue weighted by atomic mass is 79.9. The first kappa shape index (κ1) is 14.6. The molecule has 1 unspecified atom stereocenters. The van der Waals surface area contributed by atoms with E-state index in [1.807, 2.05) is 18.2 Å². The molecule has 4 heteroatoms. The molecule has 2 rings (SSSR count). The molecule has 2 N–H and O–H groups in total. The molecule has 1 atom stereocenters. The Labute approximate surface area is 126 Å². The van der Waals surface area contributed by atoms with Crippen LogP contribution in [0.3, 0.4) is 0 Å². The standard InChI is InChI=1S/C15H18BrNOS/c1-18-14-5-3-2-4-12(14)8-11(10-17)9-13-6-7-15(16)19-13/h2-7,11H,8-10,17H2,1H3. The number of hydrogen-bond acceptors (Lipinski definition) is 3. The van der Waals surface area contributed by atoms with Gasteiger partial charge in [0.25, 0.3) is 0 Å². The van der Waals surface area contributed by atoms with Gasteiger partial charge in [-0.3, -0.25) is 0 Å². The minimum absolute atomic E-state index is 0.446. The average molecular weight is 340 g/mol. The summed E-state index contributed by atoms with van der Waals surface area (Å²) in [5.74, 6) is 1.40. The van der Waals surface area contributed by atoms with E-state index >= 15 is 0 Å². The molecule has 0 aliphatic heterocycles. The molecule has 1 heterocycles. The molecule has 0 saturated heterocycles. The summed E-state index contributed by atoms with van der Waals surface area (Å²) < 4.78 is 6.58. The highest BCUT2D eigenvalue weighted by Gasteiger charge is 2.13. The summed E-state index contributed by atoms with van der Waals surface area (Å²) in [5.41, 5.74) is 7.15. The molecule has 2 nitrogen and oxygen atoms in total. The van der Waals surface area contributed by atoms with Crippen LogP contribution in [0, 0.1) is 5.92 Å². The van der Waals surface area contributed by atoms with Gasteiger partial charge in [-0.05, 0) is 65.0 Å². The molecule has 0 radical (unpaired) electrons. The SMILES string of the molecule is COc1ccccc1CC(CN)Cc1ccc(Br)s1. The molecule has 0 aliphatic rings. The maximum atomic E-state index is 5.92. The Morgan fingerprint density at radius 2 is 2.00 bits per heavy atom. The summed E-state index contributed by atoms with van der Waals surface area (Å²) in [6.45, 7) is 0.688. The van der Waals surface area contributed by atoms with Crippen molar-refractivity contribution in [3.05, 3.63) is 50.6 Å². The van der Waals surface area contributed by atoms with Crippen molar-refractivity contribution >= 4 is 27.3 Å². The zero-order valence-corrected chi connectivity index (χ0v) is 13.3. The van der Waals surface area contributed by atoms with E-state index in [9.17, 15) is 0 Å². The van der Waals surface area contributed by atoms with Gasteiger partial charge in [0.1, 0.15) is 5.75 Å². The first-order valence-electron chi connectivity index (χ1n) is 6.29. The predicted molar refractivity (Wildman–Crippen MR) is 85.0 cm³/mol. The molecular weight excluding hydrogens is 322 g/mol. The largest absolute Gasteiger partial charge is 0.496 e. The van der Waals surface area contributed by atoms with E-state index in [0.29, 0.717) is 12.5 Å². The normalized spacial score (nSPS) is 12.4. The summed E-state index contributed by atoms with van der Waals surface area (Å²) in [7, 11) is 1.71. The number of ether oxygens (including phenoxy) is 1. The summed E-state index contributed by atoms with van der Waals surface area (Å²) >= 11 is 5.28. The first-order chi connectivity index (χ1) is 9.22. The average Bonchev–Trinajstić information content (AvgIpc) is 2.84. The fraction of sp³-hybridized carbons (Fsp3) is 0.333. The van der Waals surface area contributed by atoms with E-state index < -0.39 is 0 Å². The van der Waals surface area contributed by atoms with Crippen LogP contribution >= 0.6 is 27.3 Å². The number of benzene rings is 1. The molecule has 0 aliphatic carbocycles. The van der Waals surface area contributed by atoms with Crippen LogP contribution in [-0.4, -0.2) is 13.7 Å². The number of nitrogens with two attached hydrogens (primary N) is 1. The number of hydrogen-bond donors (Lipinski definition) is 1. The highest BCUT2D eigenvalue weighted by molar-refractivity contribution is 9.11. The Bertz CT molecular complexity index is 526. The van der Waals surface area contributed by atoms with Crippen molar-refractivity contribution in [1.82, 2.24) is 0 Å². The Morgan fingerprint density at radius 3 is 2.63 bits per heavy atom. The maximum absolute atomic E-state index is 5.92. The molecule has 0 fully saturated rings. The molecule has 1 aromatic carbocycles. The summed E-state index contributed by atoms with van der Waals surface area (Å²) in [5, 5.41) is 0. The number of halogens is 1. The second-order valence-corrected chi connectivity index (χ2v) is 7.08.